The highest BCUT2D eigenvalue weighted by atomic mass is 35.5. The van der Waals surface area contributed by atoms with Crippen LogP contribution in [-0.2, 0) is 0 Å². The Morgan fingerprint density at radius 2 is 1.90 bits per heavy atom. The van der Waals surface area contributed by atoms with Crippen LogP contribution in [0.3, 0.4) is 0 Å². The van der Waals surface area contributed by atoms with Gasteiger partial charge < -0.3 is 5.11 Å². The van der Waals surface area contributed by atoms with Crippen LogP contribution in [0.4, 0.5) is 4.39 Å². The first kappa shape index (κ1) is 13.1. The van der Waals surface area contributed by atoms with Gasteiger partial charge in [-0.3, -0.25) is 4.40 Å². The topological polar surface area (TPSA) is 37.5 Å². The molecule has 1 aromatic carbocycles. The molecule has 2 heterocycles. The second-order valence-electron chi connectivity index (χ2n) is 4.57. The lowest BCUT2D eigenvalue weighted by Crippen LogP contribution is -2.00. The smallest absolute Gasteiger partial charge is 0.138 e. The minimum absolute atomic E-state index is 0.311. The molecule has 0 amide bonds. The monoisotopic (exact) mass is 290 g/mol. The zero-order valence-electron chi connectivity index (χ0n) is 10.7. The predicted octanol–water partition coefficient (Wildman–Crippen LogP) is 3.85. The van der Waals surface area contributed by atoms with Gasteiger partial charge in [-0.05, 0) is 43.3 Å². The van der Waals surface area contributed by atoms with E-state index in [2.05, 4.69) is 4.98 Å². The highest BCUT2D eigenvalue weighted by molar-refractivity contribution is 6.29. The summed E-state index contributed by atoms with van der Waals surface area (Å²) in [7, 11) is 0. The van der Waals surface area contributed by atoms with Gasteiger partial charge in [0, 0.05) is 5.56 Å². The van der Waals surface area contributed by atoms with Gasteiger partial charge in [-0.15, -0.1) is 0 Å². The third kappa shape index (κ3) is 2.07. The average Bonchev–Trinajstić information content (AvgIpc) is 2.80. The minimum atomic E-state index is -0.745. The molecule has 0 saturated carbocycles. The van der Waals surface area contributed by atoms with E-state index < -0.39 is 6.10 Å². The van der Waals surface area contributed by atoms with Crippen molar-refractivity contribution in [3.05, 3.63) is 59.1 Å². The Morgan fingerprint density at radius 1 is 1.20 bits per heavy atom. The summed E-state index contributed by atoms with van der Waals surface area (Å²) in [4.78, 5) is 4.49. The largest absolute Gasteiger partial charge is 0.387 e. The summed E-state index contributed by atoms with van der Waals surface area (Å²) in [6.45, 7) is 1.65. The van der Waals surface area contributed by atoms with Crippen molar-refractivity contribution >= 4 is 17.2 Å². The zero-order chi connectivity index (χ0) is 14.3. The summed E-state index contributed by atoms with van der Waals surface area (Å²) in [5.74, 6) is -0.311. The Bertz CT molecular complexity index is 765. The fraction of sp³-hybridized carbons (Fsp3) is 0.133. The van der Waals surface area contributed by atoms with E-state index in [-0.39, 0.29) is 5.82 Å². The quantitative estimate of drug-likeness (QED) is 0.728. The maximum Gasteiger partial charge on any atom is 0.138 e. The molecule has 2 aromatic heterocycles. The lowest BCUT2D eigenvalue weighted by Gasteiger charge is -2.09. The number of pyridine rings is 1. The minimum Gasteiger partial charge on any atom is -0.387 e. The van der Waals surface area contributed by atoms with E-state index >= 15 is 0 Å². The van der Waals surface area contributed by atoms with Crippen LogP contribution in [0.25, 0.3) is 16.9 Å². The number of halogens is 2. The van der Waals surface area contributed by atoms with Crippen LogP contribution >= 0.6 is 11.6 Å². The van der Waals surface area contributed by atoms with Crippen LogP contribution in [0.1, 0.15) is 18.7 Å². The van der Waals surface area contributed by atoms with Crippen LogP contribution in [0, 0.1) is 5.82 Å². The number of benzene rings is 1. The molecule has 1 N–H and O–H groups in total. The molecule has 3 rings (SSSR count). The summed E-state index contributed by atoms with van der Waals surface area (Å²) >= 11 is 6.18. The molecule has 1 atom stereocenters. The molecule has 1 unspecified atom stereocenters. The molecule has 3 nitrogen and oxygen atoms in total. The van der Waals surface area contributed by atoms with E-state index in [1.165, 1.54) is 12.1 Å². The number of imidazole rings is 1. The van der Waals surface area contributed by atoms with Crippen molar-refractivity contribution in [2.24, 2.45) is 0 Å². The molecule has 0 spiro atoms. The van der Waals surface area contributed by atoms with Crippen LogP contribution in [-0.4, -0.2) is 14.5 Å². The standard InChI is InChI=1S/C15H12ClFN2O/c1-9(20)15-14(10-5-7-11(17)8-6-10)18-13-4-2-3-12(16)19(13)15/h2-9,20H,1H3. The van der Waals surface area contributed by atoms with E-state index in [0.29, 0.717) is 22.2 Å². The summed E-state index contributed by atoms with van der Waals surface area (Å²) in [6, 6.07) is 11.3. The maximum absolute atomic E-state index is 13.0. The van der Waals surface area contributed by atoms with Crippen molar-refractivity contribution in [3.63, 3.8) is 0 Å². The normalized spacial score (nSPS) is 12.8. The first-order chi connectivity index (χ1) is 9.58. The molecular formula is C15H12ClFN2O. The molecule has 0 radical (unpaired) electrons. The van der Waals surface area contributed by atoms with Crippen molar-refractivity contribution in [2.45, 2.75) is 13.0 Å². The molecule has 5 heteroatoms. The third-order valence-corrected chi connectivity index (χ3v) is 3.44. The molecule has 0 aliphatic heterocycles. The van der Waals surface area contributed by atoms with E-state index in [0.717, 1.165) is 5.56 Å². The Labute approximate surface area is 120 Å². The first-order valence-electron chi connectivity index (χ1n) is 6.19. The highest BCUT2D eigenvalue weighted by Gasteiger charge is 2.19. The Hall–Kier alpha value is -1.91. The van der Waals surface area contributed by atoms with Gasteiger partial charge in [0.15, 0.2) is 0 Å². The van der Waals surface area contributed by atoms with E-state index in [4.69, 9.17) is 11.6 Å². The number of aliphatic hydroxyl groups is 1. The van der Waals surface area contributed by atoms with Crippen molar-refractivity contribution in [1.29, 1.82) is 0 Å². The van der Waals surface area contributed by atoms with Crippen LogP contribution < -0.4 is 0 Å². The van der Waals surface area contributed by atoms with E-state index in [1.54, 1.807) is 35.6 Å². The number of fused-ring (bicyclic) bond motifs is 1. The van der Waals surface area contributed by atoms with Crippen LogP contribution in [0.15, 0.2) is 42.5 Å². The van der Waals surface area contributed by atoms with Gasteiger partial charge in [0.05, 0.1) is 17.5 Å². The first-order valence-corrected chi connectivity index (χ1v) is 6.56. The second kappa shape index (κ2) is 4.89. The second-order valence-corrected chi connectivity index (χ2v) is 4.96. The summed E-state index contributed by atoms with van der Waals surface area (Å²) in [5.41, 5.74) is 2.58. The van der Waals surface area contributed by atoms with Gasteiger partial charge in [0.2, 0.25) is 0 Å². The van der Waals surface area contributed by atoms with Gasteiger partial charge in [-0.2, -0.15) is 0 Å². The number of hydrogen-bond donors (Lipinski definition) is 1. The number of nitrogens with zero attached hydrogens (tertiary/aromatic N) is 2. The van der Waals surface area contributed by atoms with Gasteiger partial charge >= 0.3 is 0 Å². The zero-order valence-corrected chi connectivity index (χ0v) is 11.5. The molecule has 102 valence electrons. The number of hydrogen-bond acceptors (Lipinski definition) is 2. The van der Waals surface area contributed by atoms with Gasteiger partial charge in [-0.25, -0.2) is 9.37 Å². The van der Waals surface area contributed by atoms with Crippen molar-refractivity contribution in [3.8, 4) is 11.3 Å². The molecule has 0 bridgehead atoms. The van der Waals surface area contributed by atoms with E-state index in [1.807, 2.05) is 6.07 Å². The molecule has 20 heavy (non-hydrogen) atoms. The van der Waals surface area contributed by atoms with Gasteiger partial charge in [0.25, 0.3) is 0 Å². The van der Waals surface area contributed by atoms with Crippen LogP contribution in [0.2, 0.25) is 5.15 Å². The lowest BCUT2D eigenvalue weighted by atomic mass is 10.1. The Morgan fingerprint density at radius 3 is 2.55 bits per heavy atom. The van der Waals surface area contributed by atoms with Crippen molar-refractivity contribution in [1.82, 2.24) is 9.38 Å². The Balaban J connectivity index is 2.32. The number of aromatic nitrogens is 2. The maximum atomic E-state index is 13.0. The Kier molecular flexibility index (Phi) is 3.20. The molecule has 0 aliphatic rings. The number of aliphatic hydroxyl groups excluding tert-OH is 1. The molecule has 0 saturated heterocycles. The highest BCUT2D eigenvalue weighted by Crippen LogP contribution is 2.31. The fourth-order valence-electron chi connectivity index (χ4n) is 2.28. The SMILES string of the molecule is CC(O)c1c(-c2ccc(F)cc2)nc2cccc(Cl)n12. The summed E-state index contributed by atoms with van der Waals surface area (Å²) in [6.07, 6.45) is -0.745. The van der Waals surface area contributed by atoms with Gasteiger partial charge in [-0.1, -0.05) is 17.7 Å². The molecule has 0 fully saturated rings. The average molecular weight is 291 g/mol. The molecular weight excluding hydrogens is 279 g/mol. The lowest BCUT2D eigenvalue weighted by molar-refractivity contribution is 0.194. The van der Waals surface area contributed by atoms with Crippen molar-refractivity contribution in [2.75, 3.05) is 0 Å². The molecule has 3 aromatic rings. The molecule has 0 aliphatic carbocycles. The third-order valence-electron chi connectivity index (χ3n) is 3.15. The summed E-state index contributed by atoms with van der Waals surface area (Å²) in [5, 5.41) is 10.5. The van der Waals surface area contributed by atoms with E-state index in [9.17, 15) is 9.50 Å². The number of rotatable bonds is 2. The van der Waals surface area contributed by atoms with Crippen molar-refractivity contribution < 1.29 is 9.50 Å². The summed E-state index contributed by atoms with van der Waals surface area (Å²) < 4.78 is 14.7. The van der Waals surface area contributed by atoms with Crippen LogP contribution in [0.5, 0.6) is 0 Å². The van der Waals surface area contributed by atoms with Gasteiger partial charge in [0.1, 0.15) is 16.6 Å². The predicted molar refractivity (Wildman–Crippen MR) is 76.2 cm³/mol. The fourth-order valence-corrected chi connectivity index (χ4v) is 2.53.